The van der Waals surface area contributed by atoms with E-state index in [1.807, 2.05) is 31.3 Å². The molecule has 5 nitrogen and oxygen atoms in total. The SMILES string of the molecule is Cc1ccc(OCCn2c(C3CC(=O)N(C)C3)nc3ccccc32)c(C)c1. The summed E-state index contributed by atoms with van der Waals surface area (Å²) in [5, 5.41) is 0. The van der Waals surface area contributed by atoms with Gasteiger partial charge in [-0.1, -0.05) is 29.8 Å². The summed E-state index contributed by atoms with van der Waals surface area (Å²) >= 11 is 0. The number of para-hydroxylation sites is 2. The first kappa shape index (κ1) is 17.6. The van der Waals surface area contributed by atoms with Crippen LogP contribution in [0.15, 0.2) is 42.5 Å². The number of rotatable bonds is 5. The van der Waals surface area contributed by atoms with Gasteiger partial charge in [-0.25, -0.2) is 4.98 Å². The number of likely N-dealkylation sites (tertiary alicyclic amines) is 1. The smallest absolute Gasteiger partial charge is 0.223 e. The van der Waals surface area contributed by atoms with E-state index in [0.29, 0.717) is 19.6 Å². The number of benzene rings is 2. The molecule has 2 heterocycles. The van der Waals surface area contributed by atoms with Gasteiger partial charge in [-0.05, 0) is 37.6 Å². The highest BCUT2D eigenvalue weighted by Gasteiger charge is 2.31. The van der Waals surface area contributed by atoms with Gasteiger partial charge in [0.2, 0.25) is 5.91 Å². The number of aryl methyl sites for hydroxylation is 2. The van der Waals surface area contributed by atoms with Crippen molar-refractivity contribution in [1.29, 1.82) is 0 Å². The number of nitrogens with zero attached hydrogens (tertiary/aromatic N) is 3. The van der Waals surface area contributed by atoms with Crippen molar-refractivity contribution >= 4 is 16.9 Å². The number of aromatic nitrogens is 2. The van der Waals surface area contributed by atoms with Crippen molar-refractivity contribution in [2.24, 2.45) is 0 Å². The lowest BCUT2D eigenvalue weighted by atomic mass is 10.1. The van der Waals surface area contributed by atoms with Gasteiger partial charge in [0.15, 0.2) is 0 Å². The van der Waals surface area contributed by atoms with Crippen molar-refractivity contribution in [1.82, 2.24) is 14.5 Å². The summed E-state index contributed by atoms with van der Waals surface area (Å²) in [5.74, 6) is 2.22. The van der Waals surface area contributed by atoms with Crippen molar-refractivity contribution in [3.05, 3.63) is 59.4 Å². The van der Waals surface area contributed by atoms with E-state index in [0.717, 1.165) is 34.7 Å². The molecule has 1 fully saturated rings. The number of amides is 1. The maximum Gasteiger partial charge on any atom is 0.223 e. The number of fused-ring (bicyclic) bond motifs is 1. The lowest BCUT2D eigenvalue weighted by Gasteiger charge is -2.15. The molecule has 4 rings (SSSR count). The van der Waals surface area contributed by atoms with Gasteiger partial charge in [0.25, 0.3) is 0 Å². The molecule has 1 atom stereocenters. The average Bonchev–Trinajstić information content (AvgIpc) is 3.17. The van der Waals surface area contributed by atoms with Crippen molar-refractivity contribution in [3.8, 4) is 5.75 Å². The average molecular weight is 363 g/mol. The molecule has 2 aromatic carbocycles. The molecule has 5 heteroatoms. The molecule has 1 aromatic heterocycles. The number of hydrogen-bond donors (Lipinski definition) is 0. The van der Waals surface area contributed by atoms with Crippen LogP contribution in [-0.2, 0) is 11.3 Å². The zero-order valence-electron chi connectivity index (χ0n) is 16.1. The Kier molecular flexibility index (Phi) is 4.60. The Balaban J connectivity index is 1.58. The van der Waals surface area contributed by atoms with Crippen LogP contribution in [0.1, 0.15) is 29.3 Å². The molecule has 140 valence electrons. The Morgan fingerprint density at radius 1 is 1.19 bits per heavy atom. The molecule has 27 heavy (non-hydrogen) atoms. The highest BCUT2D eigenvalue weighted by molar-refractivity contribution is 5.80. The molecule has 0 bridgehead atoms. The molecule has 0 aliphatic carbocycles. The van der Waals surface area contributed by atoms with Crippen LogP contribution in [0.2, 0.25) is 0 Å². The molecular formula is C22H25N3O2. The highest BCUT2D eigenvalue weighted by atomic mass is 16.5. The van der Waals surface area contributed by atoms with E-state index >= 15 is 0 Å². The molecule has 1 unspecified atom stereocenters. The second-order valence-electron chi connectivity index (χ2n) is 7.40. The molecule has 1 amide bonds. The van der Waals surface area contributed by atoms with Gasteiger partial charge in [-0.15, -0.1) is 0 Å². The van der Waals surface area contributed by atoms with E-state index in [1.165, 1.54) is 5.56 Å². The first-order chi connectivity index (χ1) is 13.0. The Morgan fingerprint density at radius 2 is 2.00 bits per heavy atom. The van der Waals surface area contributed by atoms with Crippen molar-refractivity contribution < 1.29 is 9.53 Å². The molecule has 0 radical (unpaired) electrons. The van der Waals surface area contributed by atoms with Gasteiger partial charge in [-0.2, -0.15) is 0 Å². The van der Waals surface area contributed by atoms with Gasteiger partial charge < -0.3 is 14.2 Å². The normalized spacial score (nSPS) is 17.1. The zero-order chi connectivity index (χ0) is 19.0. The monoisotopic (exact) mass is 363 g/mol. The maximum atomic E-state index is 12.0. The number of hydrogen-bond acceptors (Lipinski definition) is 3. The quantitative estimate of drug-likeness (QED) is 0.695. The van der Waals surface area contributed by atoms with E-state index in [9.17, 15) is 4.79 Å². The predicted octanol–water partition coefficient (Wildman–Crippen LogP) is 3.68. The first-order valence-corrected chi connectivity index (χ1v) is 9.42. The number of carbonyl (C=O) groups excluding carboxylic acids is 1. The summed E-state index contributed by atoms with van der Waals surface area (Å²) in [6.45, 7) is 6.15. The zero-order valence-corrected chi connectivity index (χ0v) is 16.1. The van der Waals surface area contributed by atoms with Crippen LogP contribution in [0.3, 0.4) is 0 Å². The van der Waals surface area contributed by atoms with Gasteiger partial charge in [0.1, 0.15) is 18.2 Å². The second-order valence-corrected chi connectivity index (χ2v) is 7.40. The largest absolute Gasteiger partial charge is 0.491 e. The Morgan fingerprint density at radius 3 is 2.74 bits per heavy atom. The minimum Gasteiger partial charge on any atom is -0.491 e. The van der Waals surface area contributed by atoms with E-state index in [4.69, 9.17) is 9.72 Å². The molecule has 1 aliphatic heterocycles. The number of likely N-dealkylation sites (N-methyl/N-ethyl adjacent to an activating group) is 1. The van der Waals surface area contributed by atoms with Crippen molar-refractivity contribution in [2.75, 3.05) is 20.2 Å². The fourth-order valence-electron chi connectivity index (χ4n) is 3.89. The third kappa shape index (κ3) is 3.42. The molecular weight excluding hydrogens is 338 g/mol. The predicted molar refractivity (Wildman–Crippen MR) is 106 cm³/mol. The Bertz CT molecular complexity index is 992. The van der Waals surface area contributed by atoms with Crippen LogP contribution in [0.25, 0.3) is 11.0 Å². The summed E-state index contributed by atoms with van der Waals surface area (Å²) in [4.78, 5) is 18.7. The summed E-state index contributed by atoms with van der Waals surface area (Å²) in [6.07, 6.45) is 0.526. The summed E-state index contributed by atoms with van der Waals surface area (Å²) in [6, 6.07) is 14.4. The molecule has 1 saturated heterocycles. The highest BCUT2D eigenvalue weighted by Crippen LogP contribution is 2.29. The van der Waals surface area contributed by atoms with Gasteiger partial charge in [0, 0.05) is 25.9 Å². The maximum absolute atomic E-state index is 12.0. The van der Waals surface area contributed by atoms with Gasteiger partial charge >= 0.3 is 0 Å². The van der Waals surface area contributed by atoms with Crippen LogP contribution < -0.4 is 4.74 Å². The molecule has 0 spiro atoms. The van der Waals surface area contributed by atoms with Crippen molar-refractivity contribution in [2.45, 2.75) is 32.7 Å². The van der Waals surface area contributed by atoms with Crippen LogP contribution in [0.4, 0.5) is 0 Å². The van der Waals surface area contributed by atoms with Gasteiger partial charge in [-0.3, -0.25) is 4.79 Å². The molecule has 1 aliphatic rings. The van der Waals surface area contributed by atoms with Gasteiger partial charge in [0.05, 0.1) is 17.6 Å². The number of imidazole rings is 1. The van der Waals surface area contributed by atoms with E-state index < -0.39 is 0 Å². The minimum atomic E-state index is 0.135. The fraction of sp³-hybridized carbons (Fsp3) is 0.364. The number of ether oxygens (including phenoxy) is 1. The first-order valence-electron chi connectivity index (χ1n) is 9.42. The van der Waals surface area contributed by atoms with Crippen LogP contribution >= 0.6 is 0 Å². The third-order valence-corrected chi connectivity index (χ3v) is 5.29. The lowest BCUT2D eigenvalue weighted by molar-refractivity contribution is -0.126. The second kappa shape index (κ2) is 7.06. The topological polar surface area (TPSA) is 47.4 Å². The Labute approximate surface area is 159 Å². The molecule has 0 N–H and O–H groups in total. The molecule has 3 aromatic rings. The molecule has 0 saturated carbocycles. The third-order valence-electron chi connectivity index (χ3n) is 5.29. The van der Waals surface area contributed by atoms with Crippen LogP contribution in [0, 0.1) is 13.8 Å². The van der Waals surface area contributed by atoms with E-state index in [2.05, 4.69) is 36.6 Å². The summed E-state index contributed by atoms with van der Waals surface area (Å²) in [5.41, 5.74) is 4.45. The lowest BCUT2D eigenvalue weighted by Crippen LogP contribution is -2.19. The standard InChI is InChI=1S/C22H25N3O2/c1-15-8-9-20(16(2)12-15)27-11-10-25-19-7-5-4-6-18(19)23-22(25)17-13-21(26)24(3)14-17/h4-9,12,17H,10-11,13-14H2,1-3H3. The van der Waals surface area contributed by atoms with Crippen LogP contribution in [0.5, 0.6) is 5.75 Å². The van der Waals surface area contributed by atoms with E-state index in [-0.39, 0.29) is 11.8 Å². The van der Waals surface area contributed by atoms with E-state index in [1.54, 1.807) is 4.90 Å². The van der Waals surface area contributed by atoms with Crippen molar-refractivity contribution in [3.63, 3.8) is 0 Å². The number of carbonyl (C=O) groups is 1. The summed E-state index contributed by atoms with van der Waals surface area (Å²) in [7, 11) is 1.86. The summed E-state index contributed by atoms with van der Waals surface area (Å²) < 4.78 is 8.27. The minimum absolute atomic E-state index is 0.135. The fourth-order valence-corrected chi connectivity index (χ4v) is 3.89. The Hall–Kier alpha value is -2.82. The van der Waals surface area contributed by atoms with Crippen LogP contribution in [-0.4, -0.2) is 40.6 Å².